The largest absolute Gasteiger partial charge is 0.459 e. The number of benzene rings is 2. The van der Waals surface area contributed by atoms with Gasteiger partial charge in [0.25, 0.3) is 0 Å². The van der Waals surface area contributed by atoms with Crippen LogP contribution in [0.3, 0.4) is 0 Å². The predicted octanol–water partition coefficient (Wildman–Crippen LogP) is 10.2. The number of unbranched alkanes of at least 4 members (excludes halogenated alkanes) is 4. The highest BCUT2D eigenvalue weighted by atomic mass is 35.5. The summed E-state index contributed by atoms with van der Waals surface area (Å²) in [6.07, 6.45) is 9.58. The molecule has 0 spiro atoms. The number of hydrogen-bond donors (Lipinski definition) is 1. The first-order valence-corrected chi connectivity index (χ1v) is 16.6. The fraction of sp³-hybridized carbons (Fsp3) is 0.375. The molecule has 0 bridgehead atoms. The summed E-state index contributed by atoms with van der Waals surface area (Å²) in [7, 11) is 0. The van der Waals surface area contributed by atoms with Gasteiger partial charge in [-0.1, -0.05) is 68.0 Å². The van der Waals surface area contributed by atoms with E-state index in [-0.39, 0.29) is 6.03 Å². The first kappa shape index (κ1) is 30.4. The van der Waals surface area contributed by atoms with Crippen molar-refractivity contribution in [3.63, 3.8) is 0 Å². The number of hydrogen-bond acceptors (Lipinski definition) is 5. The molecule has 0 saturated carbocycles. The second-order valence-electron chi connectivity index (χ2n) is 10.0. The number of nitrogens with one attached hydrogen (secondary N) is 1. The number of aryl methyl sites for hydroxylation is 2. The molecule has 0 unspecified atom stereocenters. The number of aromatic nitrogens is 1. The zero-order valence-electron chi connectivity index (χ0n) is 24.0. The minimum Gasteiger partial charge on any atom is -0.459 e. The highest BCUT2D eigenvalue weighted by Crippen LogP contribution is 2.38. The van der Waals surface area contributed by atoms with Crippen molar-refractivity contribution in [1.29, 1.82) is 0 Å². The normalized spacial score (nSPS) is 11.2. The molecule has 0 aliphatic heterocycles. The van der Waals surface area contributed by atoms with Gasteiger partial charge in [-0.2, -0.15) is 0 Å². The lowest BCUT2D eigenvalue weighted by atomic mass is 10.0. The van der Waals surface area contributed by atoms with Crippen molar-refractivity contribution in [3.8, 4) is 11.1 Å². The monoisotopic (exact) mass is 595 g/mol. The van der Waals surface area contributed by atoms with E-state index in [1.165, 1.54) is 19.3 Å². The molecule has 0 fully saturated rings. The molecular weight excluding hydrogens is 558 g/mol. The quantitative estimate of drug-likeness (QED) is 0.130. The zero-order chi connectivity index (χ0) is 28.6. The second kappa shape index (κ2) is 14.3. The number of furan rings is 1. The highest BCUT2D eigenvalue weighted by molar-refractivity contribution is 7.99. The summed E-state index contributed by atoms with van der Waals surface area (Å²) in [5, 5.41) is 5.76. The van der Waals surface area contributed by atoms with Crippen LogP contribution >= 0.6 is 35.1 Å². The molecule has 8 heteroatoms. The Hall–Kier alpha value is -2.61. The molecule has 2 aromatic heterocycles. The number of amides is 2. The van der Waals surface area contributed by atoms with E-state index in [1.807, 2.05) is 60.7 Å². The topological polar surface area (TPSA) is 58.4 Å². The number of thioether (sulfide) groups is 2. The van der Waals surface area contributed by atoms with Gasteiger partial charge >= 0.3 is 6.03 Å². The number of pyridine rings is 1. The number of fused-ring (bicyclic) bond motifs is 1. The number of carbonyl (C=O) groups excluding carboxylic acids is 1. The number of nitrogens with zero attached hydrogens (tertiary/aromatic N) is 2. The maximum atomic E-state index is 13.9. The number of rotatable bonds is 12. The van der Waals surface area contributed by atoms with Crippen LogP contribution in [0.1, 0.15) is 56.0 Å². The number of urea groups is 1. The second-order valence-corrected chi connectivity index (χ2v) is 12.1. The minimum atomic E-state index is -0.148. The third kappa shape index (κ3) is 7.36. The maximum absolute atomic E-state index is 13.9. The van der Waals surface area contributed by atoms with E-state index >= 15 is 0 Å². The van der Waals surface area contributed by atoms with Gasteiger partial charge in [0.15, 0.2) is 0 Å². The summed E-state index contributed by atoms with van der Waals surface area (Å²) in [6, 6.07) is 15.9. The van der Waals surface area contributed by atoms with Crippen LogP contribution in [0.4, 0.5) is 10.5 Å². The zero-order valence-corrected chi connectivity index (χ0v) is 26.4. The smallest absolute Gasteiger partial charge is 0.322 e. The third-order valence-electron chi connectivity index (χ3n) is 6.93. The maximum Gasteiger partial charge on any atom is 0.322 e. The molecule has 1 N–H and O–H groups in total. The molecule has 5 nitrogen and oxygen atoms in total. The van der Waals surface area contributed by atoms with E-state index in [1.54, 1.807) is 23.5 Å². The first-order chi connectivity index (χ1) is 19.3. The number of halogens is 1. The van der Waals surface area contributed by atoms with Crippen molar-refractivity contribution < 1.29 is 9.21 Å². The number of carbonyl (C=O) groups is 1. The molecule has 0 aliphatic rings. The molecular formula is C32H38ClN3O2S2. The van der Waals surface area contributed by atoms with Crippen molar-refractivity contribution in [2.75, 3.05) is 24.4 Å². The first-order valence-electron chi connectivity index (χ1n) is 13.8. The van der Waals surface area contributed by atoms with Crippen molar-refractivity contribution in [2.24, 2.45) is 0 Å². The lowest BCUT2D eigenvalue weighted by molar-refractivity contribution is 0.203. The lowest BCUT2D eigenvalue weighted by Crippen LogP contribution is -2.35. The van der Waals surface area contributed by atoms with E-state index in [2.05, 4.69) is 36.3 Å². The average molecular weight is 596 g/mol. The summed E-state index contributed by atoms with van der Waals surface area (Å²) in [5.74, 6) is 0.767. The van der Waals surface area contributed by atoms with Crippen LogP contribution in [0.15, 0.2) is 62.9 Å². The van der Waals surface area contributed by atoms with Gasteiger partial charge in [-0.15, -0.1) is 23.5 Å². The van der Waals surface area contributed by atoms with Gasteiger partial charge in [0.2, 0.25) is 0 Å². The molecule has 4 rings (SSSR count). The Kier molecular flexibility index (Phi) is 10.9. The Labute approximate surface area is 251 Å². The molecule has 212 valence electrons. The Morgan fingerprint density at radius 2 is 1.75 bits per heavy atom. The van der Waals surface area contributed by atoms with E-state index in [0.29, 0.717) is 18.1 Å². The van der Waals surface area contributed by atoms with Gasteiger partial charge in [0.1, 0.15) is 16.4 Å². The lowest BCUT2D eigenvalue weighted by Gasteiger charge is -2.24. The van der Waals surface area contributed by atoms with Crippen LogP contribution in [0, 0.1) is 13.8 Å². The van der Waals surface area contributed by atoms with E-state index in [4.69, 9.17) is 16.0 Å². The summed E-state index contributed by atoms with van der Waals surface area (Å²) >= 11 is 9.37. The summed E-state index contributed by atoms with van der Waals surface area (Å²) in [6.45, 7) is 7.26. The van der Waals surface area contributed by atoms with Crippen LogP contribution in [-0.2, 0) is 6.54 Å². The Balaban J connectivity index is 1.71. The summed E-state index contributed by atoms with van der Waals surface area (Å²) in [5.41, 5.74) is 5.69. The van der Waals surface area contributed by atoms with Gasteiger partial charge in [-0.25, -0.2) is 9.78 Å². The van der Waals surface area contributed by atoms with Crippen molar-refractivity contribution in [1.82, 2.24) is 9.88 Å². The van der Waals surface area contributed by atoms with Crippen molar-refractivity contribution in [3.05, 3.63) is 70.6 Å². The Morgan fingerprint density at radius 3 is 2.45 bits per heavy atom. The van der Waals surface area contributed by atoms with Crippen molar-refractivity contribution in [2.45, 2.75) is 69.3 Å². The van der Waals surface area contributed by atoms with Gasteiger partial charge in [0, 0.05) is 33.1 Å². The van der Waals surface area contributed by atoms with Gasteiger partial charge < -0.3 is 14.6 Å². The molecule has 2 amide bonds. The molecule has 4 aromatic rings. The van der Waals surface area contributed by atoms with Gasteiger partial charge in [-0.05, 0) is 68.7 Å². The molecule has 2 heterocycles. The molecule has 2 aromatic carbocycles. The summed E-state index contributed by atoms with van der Waals surface area (Å²) < 4.78 is 6.44. The van der Waals surface area contributed by atoms with Crippen LogP contribution in [0.2, 0.25) is 5.02 Å². The molecule has 0 saturated heterocycles. The Morgan fingerprint density at radius 1 is 1.00 bits per heavy atom. The van der Waals surface area contributed by atoms with Crippen LogP contribution in [0.5, 0.6) is 0 Å². The van der Waals surface area contributed by atoms with E-state index < -0.39 is 0 Å². The van der Waals surface area contributed by atoms with Crippen LogP contribution < -0.4 is 5.32 Å². The number of anilines is 1. The fourth-order valence-electron chi connectivity index (χ4n) is 4.86. The van der Waals surface area contributed by atoms with Crippen LogP contribution in [0.25, 0.3) is 22.1 Å². The molecule has 0 radical (unpaired) electrons. The van der Waals surface area contributed by atoms with Crippen LogP contribution in [-0.4, -0.2) is 35.0 Å². The van der Waals surface area contributed by atoms with E-state index in [9.17, 15) is 4.79 Å². The average Bonchev–Trinajstić information content (AvgIpc) is 3.30. The summed E-state index contributed by atoms with van der Waals surface area (Å²) in [4.78, 5) is 21.5. The highest BCUT2D eigenvalue weighted by Gasteiger charge is 2.23. The standard InChI is InChI=1S/C32H38ClN3O2S2/c1-6-7-8-9-10-17-36(32(37)35-30-28(39-4)19-22(3)34-31(30)40-5)20-27-29(23-12-14-24(33)15-13-23)25-18-21(2)11-16-26(25)38-27/h11-16,18-19H,6-10,17,20H2,1-5H3,(H,35,37). The molecule has 0 aliphatic carbocycles. The van der Waals surface area contributed by atoms with Gasteiger partial charge in [-0.3, -0.25) is 0 Å². The molecule has 40 heavy (non-hydrogen) atoms. The van der Waals surface area contributed by atoms with Crippen molar-refractivity contribution >= 4 is 57.8 Å². The SMILES string of the molecule is CCCCCCCN(Cc1oc2ccc(C)cc2c1-c1ccc(Cl)cc1)C(=O)Nc1c(SC)cc(C)nc1SC. The van der Waals surface area contributed by atoms with E-state index in [0.717, 1.165) is 67.6 Å². The fourth-order valence-corrected chi connectivity index (χ4v) is 6.30. The predicted molar refractivity (Wildman–Crippen MR) is 172 cm³/mol. The van der Waals surface area contributed by atoms with Gasteiger partial charge in [0.05, 0.1) is 12.2 Å². The minimum absolute atomic E-state index is 0.148. The molecule has 0 atom stereocenters. The Bertz CT molecular complexity index is 1430. The third-order valence-corrected chi connectivity index (χ3v) is 8.62.